The van der Waals surface area contributed by atoms with E-state index >= 15 is 0 Å². The molecule has 1 atom stereocenters. The van der Waals surface area contributed by atoms with Gasteiger partial charge in [0.2, 0.25) is 0 Å². The third-order valence-electron chi connectivity index (χ3n) is 3.14. The number of rotatable bonds is 5. The molecule has 0 fully saturated rings. The van der Waals surface area contributed by atoms with Crippen molar-refractivity contribution in [3.8, 4) is 0 Å². The molecule has 112 valence electrons. The zero-order valence-corrected chi connectivity index (χ0v) is 17.0. The van der Waals surface area contributed by atoms with Crippen LogP contribution in [-0.4, -0.2) is 6.54 Å². The first-order chi connectivity index (χ1) is 10.0. The fraction of sp³-hybridized carbons (Fsp3) is 0.250. The van der Waals surface area contributed by atoms with Crippen LogP contribution < -0.4 is 5.32 Å². The van der Waals surface area contributed by atoms with Gasteiger partial charge in [-0.05, 0) is 70.4 Å². The Morgan fingerprint density at radius 3 is 2.48 bits per heavy atom. The van der Waals surface area contributed by atoms with Gasteiger partial charge in [-0.1, -0.05) is 56.5 Å². The summed E-state index contributed by atoms with van der Waals surface area (Å²) < 4.78 is 3.07. The molecule has 1 N–H and O–H groups in total. The summed E-state index contributed by atoms with van der Waals surface area (Å²) in [6, 6.07) is 12.4. The lowest BCUT2D eigenvalue weighted by Gasteiger charge is -2.21. The largest absolute Gasteiger partial charge is 0.306 e. The first-order valence-corrected chi connectivity index (χ1v) is 9.42. The Hall–Kier alpha value is 0.130. The minimum Gasteiger partial charge on any atom is -0.306 e. The summed E-state index contributed by atoms with van der Waals surface area (Å²) >= 11 is 16.8. The minimum absolute atomic E-state index is 0.116. The van der Waals surface area contributed by atoms with Gasteiger partial charge in [0.25, 0.3) is 0 Å². The summed E-state index contributed by atoms with van der Waals surface area (Å²) in [5.41, 5.74) is 2.38. The van der Waals surface area contributed by atoms with Gasteiger partial charge in [0.15, 0.2) is 0 Å². The van der Waals surface area contributed by atoms with Gasteiger partial charge >= 0.3 is 0 Å². The van der Waals surface area contributed by atoms with Crippen LogP contribution in [0, 0.1) is 0 Å². The number of benzene rings is 2. The second-order valence-electron chi connectivity index (χ2n) is 4.73. The van der Waals surface area contributed by atoms with Crippen molar-refractivity contribution in [2.24, 2.45) is 0 Å². The van der Waals surface area contributed by atoms with Crippen molar-refractivity contribution in [2.75, 3.05) is 6.54 Å². The highest BCUT2D eigenvalue weighted by atomic mass is 79.9. The molecular formula is C16H15Br3ClN. The monoisotopic (exact) mass is 493 g/mol. The van der Waals surface area contributed by atoms with Crippen molar-refractivity contribution in [1.82, 2.24) is 5.32 Å². The Balaban J connectivity index is 2.46. The summed E-state index contributed by atoms with van der Waals surface area (Å²) in [7, 11) is 0. The van der Waals surface area contributed by atoms with Crippen molar-refractivity contribution in [2.45, 2.75) is 19.4 Å². The maximum absolute atomic E-state index is 6.11. The predicted molar refractivity (Wildman–Crippen MR) is 101 cm³/mol. The molecule has 0 radical (unpaired) electrons. The number of halogens is 4. The second-order valence-corrected chi connectivity index (χ2v) is 7.76. The Morgan fingerprint density at radius 1 is 1.05 bits per heavy atom. The lowest BCUT2D eigenvalue weighted by Crippen LogP contribution is -2.23. The van der Waals surface area contributed by atoms with Crippen LogP contribution in [0.1, 0.15) is 30.5 Å². The lowest BCUT2D eigenvalue weighted by atomic mass is 9.98. The number of hydrogen-bond donors (Lipinski definition) is 1. The average Bonchev–Trinajstić information content (AvgIpc) is 2.46. The quantitative estimate of drug-likeness (QED) is 0.485. The third-order valence-corrected chi connectivity index (χ3v) is 5.57. The van der Waals surface area contributed by atoms with E-state index in [1.807, 2.05) is 12.1 Å². The van der Waals surface area contributed by atoms with Crippen LogP contribution in [0.2, 0.25) is 5.02 Å². The molecular weight excluding hydrogens is 481 g/mol. The fourth-order valence-electron chi connectivity index (χ4n) is 2.12. The molecule has 2 rings (SSSR count). The molecule has 2 aromatic rings. The van der Waals surface area contributed by atoms with E-state index in [9.17, 15) is 0 Å². The molecule has 21 heavy (non-hydrogen) atoms. The smallest absolute Gasteiger partial charge is 0.0588 e. The van der Waals surface area contributed by atoms with Crippen LogP contribution >= 0.6 is 59.4 Å². The lowest BCUT2D eigenvalue weighted by molar-refractivity contribution is 0.596. The molecule has 0 bridgehead atoms. The van der Waals surface area contributed by atoms with Crippen molar-refractivity contribution < 1.29 is 0 Å². The molecule has 0 amide bonds. The van der Waals surface area contributed by atoms with Crippen molar-refractivity contribution >= 4 is 59.4 Å². The molecule has 0 aliphatic heterocycles. The Morgan fingerprint density at radius 2 is 1.81 bits per heavy atom. The van der Waals surface area contributed by atoms with Crippen molar-refractivity contribution in [1.29, 1.82) is 0 Å². The van der Waals surface area contributed by atoms with E-state index in [4.69, 9.17) is 11.6 Å². The van der Waals surface area contributed by atoms with Crippen LogP contribution in [0.15, 0.2) is 49.8 Å². The highest BCUT2D eigenvalue weighted by Gasteiger charge is 2.17. The average molecular weight is 496 g/mol. The first kappa shape index (κ1) is 17.5. The van der Waals surface area contributed by atoms with Crippen molar-refractivity contribution in [3.63, 3.8) is 0 Å². The van der Waals surface area contributed by atoms with Crippen LogP contribution in [0.4, 0.5) is 0 Å². The zero-order chi connectivity index (χ0) is 15.4. The van der Waals surface area contributed by atoms with E-state index in [0.29, 0.717) is 0 Å². The maximum Gasteiger partial charge on any atom is 0.0588 e. The molecule has 2 aromatic carbocycles. The molecule has 1 nitrogen and oxygen atoms in total. The fourth-order valence-corrected chi connectivity index (χ4v) is 3.49. The third kappa shape index (κ3) is 4.55. The zero-order valence-electron chi connectivity index (χ0n) is 11.5. The summed E-state index contributed by atoms with van der Waals surface area (Å²) in [5.74, 6) is 0. The summed E-state index contributed by atoms with van der Waals surface area (Å²) in [6.07, 6.45) is 1.08. The van der Waals surface area contributed by atoms with E-state index in [-0.39, 0.29) is 6.04 Å². The van der Waals surface area contributed by atoms with Gasteiger partial charge in [-0.3, -0.25) is 0 Å². The second kappa shape index (κ2) is 8.11. The van der Waals surface area contributed by atoms with E-state index in [0.717, 1.165) is 31.4 Å². The highest BCUT2D eigenvalue weighted by Crippen LogP contribution is 2.33. The van der Waals surface area contributed by atoms with E-state index in [1.54, 1.807) is 0 Å². The van der Waals surface area contributed by atoms with Crippen LogP contribution in [-0.2, 0) is 0 Å². The van der Waals surface area contributed by atoms with Crippen molar-refractivity contribution in [3.05, 3.63) is 66.0 Å². The SMILES string of the molecule is CCCNC(c1ccc(Cl)c(Br)c1)c1cc(Br)ccc1Br. The van der Waals surface area contributed by atoms with Gasteiger partial charge in [0.05, 0.1) is 11.1 Å². The molecule has 0 spiro atoms. The molecule has 0 saturated carbocycles. The molecule has 0 heterocycles. The molecule has 0 aliphatic rings. The van der Waals surface area contributed by atoms with E-state index in [1.165, 1.54) is 11.1 Å². The molecule has 5 heteroatoms. The molecule has 1 unspecified atom stereocenters. The number of nitrogens with one attached hydrogen (secondary N) is 1. The van der Waals surface area contributed by atoms with Crippen LogP contribution in [0.25, 0.3) is 0 Å². The predicted octanol–water partition coefficient (Wildman–Crippen LogP) is 6.72. The maximum atomic E-state index is 6.11. The van der Waals surface area contributed by atoms with Gasteiger partial charge < -0.3 is 5.32 Å². The summed E-state index contributed by atoms with van der Waals surface area (Å²) in [4.78, 5) is 0. The summed E-state index contributed by atoms with van der Waals surface area (Å²) in [6.45, 7) is 3.11. The topological polar surface area (TPSA) is 12.0 Å². The standard InChI is InChI=1S/C16H15Br3ClN/c1-2-7-21-16(10-3-6-15(20)14(19)8-10)12-9-11(17)4-5-13(12)18/h3-6,8-9,16,21H,2,7H2,1H3. The van der Waals surface area contributed by atoms with Crippen LogP contribution in [0.5, 0.6) is 0 Å². The normalized spacial score (nSPS) is 12.4. The minimum atomic E-state index is 0.116. The van der Waals surface area contributed by atoms with Crippen LogP contribution in [0.3, 0.4) is 0 Å². The Bertz CT molecular complexity index is 631. The van der Waals surface area contributed by atoms with Gasteiger partial charge in [0.1, 0.15) is 0 Å². The van der Waals surface area contributed by atoms with Gasteiger partial charge in [-0.2, -0.15) is 0 Å². The highest BCUT2D eigenvalue weighted by molar-refractivity contribution is 9.11. The van der Waals surface area contributed by atoms with Gasteiger partial charge in [-0.15, -0.1) is 0 Å². The van der Waals surface area contributed by atoms with Gasteiger partial charge in [0, 0.05) is 13.4 Å². The van der Waals surface area contributed by atoms with E-state index < -0.39 is 0 Å². The number of hydrogen-bond acceptors (Lipinski definition) is 1. The van der Waals surface area contributed by atoms with E-state index in [2.05, 4.69) is 84.3 Å². The Labute approximate surface area is 155 Å². The summed E-state index contributed by atoms with van der Waals surface area (Å²) in [5, 5.41) is 4.33. The molecule has 0 aromatic heterocycles. The van der Waals surface area contributed by atoms with Gasteiger partial charge in [-0.25, -0.2) is 0 Å². The first-order valence-electron chi connectivity index (χ1n) is 6.66. The Kier molecular flexibility index (Phi) is 6.76. The molecule has 0 saturated heterocycles. The molecule has 0 aliphatic carbocycles.